The van der Waals surface area contributed by atoms with E-state index in [2.05, 4.69) is 10.6 Å². The van der Waals surface area contributed by atoms with Gasteiger partial charge >= 0.3 is 0 Å². The lowest BCUT2D eigenvalue weighted by molar-refractivity contribution is -0.134. The normalized spacial score (nSPS) is 24.8. The molecule has 0 aromatic rings. The van der Waals surface area contributed by atoms with E-state index >= 15 is 0 Å². The van der Waals surface area contributed by atoms with Crippen molar-refractivity contribution in [2.24, 2.45) is 5.41 Å². The van der Waals surface area contributed by atoms with Crippen LogP contribution in [0.4, 0.5) is 0 Å². The fourth-order valence-corrected chi connectivity index (χ4v) is 3.35. The summed E-state index contributed by atoms with van der Waals surface area (Å²) in [5.74, 6) is 2.06. The summed E-state index contributed by atoms with van der Waals surface area (Å²) < 4.78 is 0. The zero-order valence-electron chi connectivity index (χ0n) is 12.6. The third-order valence-corrected chi connectivity index (χ3v) is 4.78. The summed E-state index contributed by atoms with van der Waals surface area (Å²) in [6.45, 7) is 7.26. The second-order valence-corrected chi connectivity index (χ2v) is 7.63. The average Bonchev–Trinajstić information content (AvgIpc) is 2.91. The monoisotopic (exact) mass is 299 g/mol. The lowest BCUT2D eigenvalue weighted by Crippen LogP contribution is -2.52. The minimum atomic E-state index is -0.349. The van der Waals surface area contributed by atoms with E-state index in [1.54, 1.807) is 11.8 Å². The standard InChI is InChI=1S/C14H25N3O2S/c1-14(2,3)13(19)16-10-4-6-17(7-5-10)12(18)11-8-20-9-15-11/h10-11,15H,4-9H2,1-3H3,(H,16,19). The van der Waals surface area contributed by atoms with E-state index in [1.807, 2.05) is 25.7 Å². The number of rotatable bonds is 2. The molecule has 2 amide bonds. The molecule has 1 unspecified atom stereocenters. The maximum absolute atomic E-state index is 12.3. The molecule has 2 N–H and O–H groups in total. The number of nitrogens with zero attached hydrogens (tertiary/aromatic N) is 1. The van der Waals surface area contributed by atoms with Gasteiger partial charge in [0.2, 0.25) is 11.8 Å². The maximum atomic E-state index is 12.3. The van der Waals surface area contributed by atoms with Crippen LogP contribution in [0.1, 0.15) is 33.6 Å². The molecule has 2 heterocycles. The Morgan fingerprint density at radius 2 is 1.90 bits per heavy atom. The van der Waals surface area contributed by atoms with Gasteiger partial charge in [-0.15, -0.1) is 11.8 Å². The number of piperidine rings is 1. The molecule has 0 aromatic heterocycles. The van der Waals surface area contributed by atoms with E-state index in [-0.39, 0.29) is 29.3 Å². The van der Waals surface area contributed by atoms with Gasteiger partial charge in [0.1, 0.15) is 0 Å². The van der Waals surface area contributed by atoms with Gasteiger partial charge in [-0.25, -0.2) is 0 Å². The van der Waals surface area contributed by atoms with Gasteiger partial charge < -0.3 is 10.2 Å². The molecule has 0 radical (unpaired) electrons. The third kappa shape index (κ3) is 3.88. The molecule has 6 heteroatoms. The summed E-state index contributed by atoms with van der Waals surface area (Å²) >= 11 is 1.77. The Morgan fingerprint density at radius 1 is 1.25 bits per heavy atom. The Hall–Kier alpha value is -0.750. The molecule has 0 aromatic carbocycles. The molecule has 2 aliphatic heterocycles. The average molecular weight is 299 g/mol. The molecule has 2 saturated heterocycles. The first-order chi connectivity index (χ1) is 9.38. The molecule has 1 atom stereocenters. The van der Waals surface area contributed by atoms with Gasteiger partial charge in [-0.2, -0.15) is 0 Å². The Balaban J connectivity index is 1.77. The van der Waals surface area contributed by atoms with E-state index in [1.165, 1.54) is 0 Å². The molecule has 114 valence electrons. The van der Waals surface area contributed by atoms with Gasteiger partial charge in [0.15, 0.2) is 0 Å². The minimum Gasteiger partial charge on any atom is -0.353 e. The number of thioether (sulfide) groups is 1. The maximum Gasteiger partial charge on any atom is 0.240 e. The Kier molecular flexibility index (Phi) is 4.96. The number of hydrogen-bond donors (Lipinski definition) is 2. The minimum absolute atomic E-state index is 0.0132. The Labute approximate surface area is 125 Å². The second kappa shape index (κ2) is 6.35. The van der Waals surface area contributed by atoms with E-state index in [0.29, 0.717) is 0 Å². The van der Waals surface area contributed by atoms with Crippen LogP contribution in [-0.2, 0) is 9.59 Å². The molecular weight excluding hydrogens is 274 g/mol. The smallest absolute Gasteiger partial charge is 0.240 e. The van der Waals surface area contributed by atoms with Crippen LogP contribution in [0.5, 0.6) is 0 Å². The molecule has 20 heavy (non-hydrogen) atoms. The fraction of sp³-hybridized carbons (Fsp3) is 0.857. The van der Waals surface area contributed by atoms with Crippen LogP contribution < -0.4 is 10.6 Å². The molecule has 0 bridgehead atoms. The number of nitrogens with one attached hydrogen (secondary N) is 2. The molecule has 0 aliphatic carbocycles. The van der Waals surface area contributed by atoms with Crippen molar-refractivity contribution in [3.8, 4) is 0 Å². The Bertz CT molecular complexity index is 367. The molecule has 0 spiro atoms. The number of amides is 2. The molecule has 5 nitrogen and oxygen atoms in total. The first kappa shape index (κ1) is 15.6. The van der Waals surface area contributed by atoms with Crippen LogP contribution >= 0.6 is 11.8 Å². The highest BCUT2D eigenvalue weighted by Gasteiger charge is 2.31. The van der Waals surface area contributed by atoms with E-state index in [0.717, 1.165) is 37.6 Å². The Morgan fingerprint density at radius 3 is 2.40 bits per heavy atom. The van der Waals surface area contributed by atoms with Crippen molar-refractivity contribution in [2.45, 2.75) is 45.7 Å². The van der Waals surface area contributed by atoms with Gasteiger partial charge in [0, 0.05) is 36.2 Å². The van der Waals surface area contributed by atoms with Crippen molar-refractivity contribution in [3.63, 3.8) is 0 Å². The van der Waals surface area contributed by atoms with Crippen molar-refractivity contribution in [1.29, 1.82) is 0 Å². The highest BCUT2D eigenvalue weighted by Crippen LogP contribution is 2.18. The number of likely N-dealkylation sites (tertiary alicyclic amines) is 1. The van der Waals surface area contributed by atoms with Crippen LogP contribution in [0.25, 0.3) is 0 Å². The van der Waals surface area contributed by atoms with Crippen LogP contribution in [-0.4, -0.2) is 53.5 Å². The van der Waals surface area contributed by atoms with E-state index in [9.17, 15) is 9.59 Å². The van der Waals surface area contributed by atoms with Gasteiger partial charge in [0.05, 0.1) is 6.04 Å². The van der Waals surface area contributed by atoms with Gasteiger partial charge in [-0.1, -0.05) is 20.8 Å². The second-order valence-electron chi connectivity index (χ2n) is 6.59. The zero-order chi connectivity index (χ0) is 14.8. The quantitative estimate of drug-likeness (QED) is 0.792. The van der Waals surface area contributed by atoms with Crippen LogP contribution in [0.15, 0.2) is 0 Å². The van der Waals surface area contributed by atoms with Crippen molar-refractivity contribution >= 4 is 23.6 Å². The van der Waals surface area contributed by atoms with Crippen molar-refractivity contribution < 1.29 is 9.59 Å². The molecule has 2 aliphatic rings. The van der Waals surface area contributed by atoms with E-state index < -0.39 is 0 Å². The molecule has 2 rings (SSSR count). The number of carbonyl (C=O) groups excluding carboxylic acids is 2. The van der Waals surface area contributed by atoms with Gasteiger partial charge in [0.25, 0.3) is 0 Å². The van der Waals surface area contributed by atoms with Crippen LogP contribution in [0.3, 0.4) is 0 Å². The lowest BCUT2D eigenvalue weighted by Gasteiger charge is -2.34. The van der Waals surface area contributed by atoms with Gasteiger partial charge in [-0.3, -0.25) is 14.9 Å². The molecule has 0 saturated carbocycles. The zero-order valence-corrected chi connectivity index (χ0v) is 13.4. The fourth-order valence-electron chi connectivity index (χ4n) is 2.42. The first-order valence-electron chi connectivity index (χ1n) is 7.29. The summed E-state index contributed by atoms with van der Waals surface area (Å²) in [5.41, 5.74) is -0.349. The highest BCUT2D eigenvalue weighted by atomic mass is 32.2. The molecular formula is C14H25N3O2S. The van der Waals surface area contributed by atoms with Gasteiger partial charge in [-0.05, 0) is 12.8 Å². The number of hydrogen-bond acceptors (Lipinski definition) is 4. The van der Waals surface area contributed by atoms with Crippen molar-refractivity contribution in [3.05, 3.63) is 0 Å². The highest BCUT2D eigenvalue weighted by molar-refractivity contribution is 7.99. The summed E-state index contributed by atoms with van der Waals surface area (Å²) in [4.78, 5) is 26.1. The predicted molar refractivity (Wildman–Crippen MR) is 81.4 cm³/mol. The third-order valence-electron chi connectivity index (χ3n) is 3.84. The van der Waals surface area contributed by atoms with Crippen molar-refractivity contribution in [1.82, 2.24) is 15.5 Å². The van der Waals surface area contributed by atoms with Crippen molar-refractivity contribution in [2.75, 3.05) is 24.7 Å². The number of carbonyl (C=O) groups is 2. The van der Waals surface area contributed by atoms with E-state index in [4.69, 9.17) is 0 Å². The lowest BCUT2D eigenvalue weighted by atomic mass is 9.94. The predicted octanol–water partition coefficient (Wildman–Crippen LogP) is 0.802. The largest absolute Gasteiger partial charge is 0.353 e. The first-order valence-corrected chi connectivity index (χ1v) is 8.44. The molecule has 2 fully saturated rings. The van der Waals surface area contributed by atoms with Crippen LogP contribution in [0, 0.1) is 5.41 Å². The van der Waals surface area contributed by atoms with Crippen LogP contribution in [0.2, 0.25) is 0 Å². The summed E-state index contributed by atoms with van der Waals surface area (Å²) in [7, 11) is 0. The summed E-state index contributed by atoms with van der Waals surface area (Å²) in [5, 5.41) is 6.31. The topological polar surface area (TPSA) is 61.4 Å². The summed E-state index contributed by atoms with van der Waals surface area (Å²) in [6.07, 6.45) is 1.71. The summed E-state index contributed by atoms with van der Waals surface area (Å²) in [6, 6.07) is 0.192. The SMILES string of the molecule is CC(C)(C)C(=O)NC1CCN(C(=O)C2CSCN2)CC1.